The Morgan fingerprint density at radius 2 is 1.84 bits per heavy atom. The fourth-order valence-electron chi connectivity index (χ4n) is 4.58. The lowest BCUT2D eigenvalue weighted by Gasteiger charge is -2.32. The number of nitrogens with zero attached hydrogens (tertiary/aromatic N) is 3. The standard InChI is InChI=1S/C26H34N4O2/c1-5-6-7-8-9-18(2)30(20-10-11-22-19(14-20)12-13-27-22)26-21-15-24(31-3)25(32-4)16-23(21)28-17-29-26/h10-11,14-18,27H,5-9,12-13H2,1-4H3. The fraction of sp³-hybridized carbons (Fsp3) is 0.462. The zero-order chi connectivity index (χ0) is 22.5. The van der Waals surface area contributed by atoms with Crippen molar-refractivity contribution in [2.75, 3.05) is 31.0 Å². The minimum atomic E-state index is 0.297. The first-order chi connectivity index (χ1) is 15.7. The highest BCUT2D eigenvalue weighted by molar-refractivity contribution is 5.94. The van der Waals surface area contributed by atoms with Crippen molar-refractivity contribution in [2.24, 2.45) is 0 Å². The molecule has 0 bridgehead atoms. The molecule has 2 aromatic carbocycles. The molecule has 0 saturated carbocycles. The Kier molecular flexibility index (Phi) is 6.98. The van der Waals surface area contributed by atoms with Crippen molar-refractivity contribution >= 4 is 28.1 Å². The molecule has 0 amide bonds. The number of fused-ring (bicyclic) bond motifs is 2. The average Bonchev–Trinajstić information content (AvgIpc) is 3.29. The number of hydrogen-bond acceptors (Lipinski definition) is 6. The van der Waals surface area contributed by atoms with Crippen molar-refractivity contribution in [3.8, 4) is 11.5 Å². The second kappa shape index (κ2) is 10.1. The van der Waals surface area contributed by atoms with E-state index in [1.807, 2.05) is 12.1 Å². The maximum Gasteiger partial charge on any atom is 0.162 e. The summed E-state index contributed by atoms with van der Waals surface area (Å²) in [6.07, 6.45) is 8.80. The number of anilines is 3. The topological polar surface area (TPSA) is 59.5 Å². The third kappa shape index (κ3) is 4.45. The second-order valence-electron chi connectivity index (χ2n) is 8.51. The van der Waals surface area contributed by atoms with Crippen LogP contribution in [-0.2, 0) is 6.42 Å². The predicted molar refractivity (Wildman–Crippen MR) is 132 cm³/mol. The van der Waals surface area contributed by atoms with E-state index in [0.29, 0.717) is 17.5 Å². The Morgan fingerprint density at radius 3 is 2.62 bits per heavy atom. The van der Waals surface area contributed by atoms with E-state index >= 15 is 0 Å². The van der Waals surface area contributed by atoms with Crippen LogP contribution in [-0.4, -0.2) is 36.8 Å². The maximum absolute atomic E-state index is 5.59. The molecule has 0 radical (unpaired) electrons. The third-order valence-electron chi connectivity index (χ3n) is 6.34. The molecular formula is C26H34N4O2. The monoisotopic (exact) mass is 434 g/mol. The van der Waals surface area contributed by atoms with Gasteiger partial charge in [0.2, 0.25) is 0 Å². The van der Waals surface area contributed by atoms with E-state index in [1.165, 1.54) is 42.6 Å². The van der Waals surface area contributed by atoms with Gasteiger partial charge in [0.05, 0.1) is 19.7 Å². The van der Waals surface area contributed by atoms with Gasteiger partial charge in [-0.3, -0.25) is 0 Å². The minimum Gasteiger partial charge on any atom is -0.493 e. The molecule has 1 aliphatic rings. The molecule has 0 aliphatic carbocycles. The summed E-state index contributed by atoms with van der Waals surface area (Å²) in [6.45, 7) is 5.55. The van der Waals surface area contributed by atoms with Gasteiger partial charge < -0.3 is 19.7 Å². The van der Waals surface area contributed by atoms with Crippen molar-refractivity contribution in [1.82, 2.24) is 9.97 Å². The summed E-state index contributed by atoms with van der Waals surface area (Å²) in [7, 11) is 3.31. The van der Waals surface area contributed by atoms with Gasteiger partial charge in [-0.2, -0.15) is 0 Å². The molecular weight excluding hydrogens is 400 g/mol. The average molecular weight is 435 g/mol. The van der Waals surface area contributed by atoms with Crippen LogP contribution in [0.15, 0.2) is 36.7 Å². The molecule has 1 aliphatic heterocycles. The maximum atomic E-state index is 5.59. The number of benzene rings is 2. The van der Waals surface area contributed by atoms with E-state index in [2.05, 4.69) is 47.2 Å². The van der Waals surface area contributed by atoms with Gasteiger partial charge in [0.1, 0.15) is 12.1 Å². The number of hydrogen-bond donors (Lipinski definition) is 1. The molecule has 1 unspecified atom stereocenters. The van der Waals surface area contributed by atoms with E-state index in [1.54, 1.807) is 20.5 Å². The highest BCUT2D eigenvalue weighted by Gasteiger charge is 2.23. The molecule has 0 saturated heterocycles. The molecule has 0 spiro atoms. The molecule has 6 heteroatoms. The quantitative estimate of drug-likeness (QED) is 0.388. The van der Waals surface area contributed by atoms with Crippen LogP contribution in [0.1, 0.15) is 51.5 Å². The first kappa shape index (κ1) is 22.2. The van der Waals surface area contributed by atoms with Crippen molar-refractivity contribution < 1.29 is 9.47 Å². The van der Waals surface area contributed by atoms with Crippen LogP contribution in [0.4, 0.5) is 17.2 Å². The lowest BCUT2D eigenvalue weighted by molar-refractivity contribution is 0.356. The number of ether oxygens (including phenoxy) is 2. The number of unbranched alkanes of at least 4 members (excludes halogenated alkanes) is 3. The molecule has 4 rings (SSSR count). The van der Waals surface area contributed by atoms with Gasteiger partial charge in [-0.1, -0.05) is 32.6 Å². The summed E-state index contributed by atoms with van der Waals surface area (Å²) in [5.41, 5.74) is 4.62. The number of aromatic nitrogens is 2. The van der Waals surface area contributed by atoms with Gasteiger partial charge in [-0.25, -0.2) is 9.97 Å². The zero-order valence-corrected chi connectivity index (χ0v) is 19.6. The SMILES string of the molecule is CCCCCCC(C)N(c1ccc2c(c1)CCN2)c1ncnc2cc(OC)c(OC)cc12. The van der Waals surface area contributed by atoms with Crippen LogP contribution in [0.2, 0.25) is 0 Å². The largest absolute Gasteiger partial charge is 0.493 e. The molecule has 0 fully saturated rings. The van der Waals surface area contributed by atoms with Gasteiger partial charge in [0.15, 0.2) is 11.5 Å². The smallest absolute Gasteiger partial charge is 0.162 e. The van der Waals surface area contributed by atoms with Crippen molar-refractivity contribution in [3.63, 3.8) is 0 Å². The van der Waals surface area contributed by atoms with Gasteiger partial charge in [-0.15, -0.1) is 0 Å². The molecule has 2 heterocycles. The molecule has 1 aromatic heterocycles. The molecule has 6 nitrogen and oxygen atoms in total. The van der Waals surface area contributed by atoms with E-state index in [0.717, 1.165) is 36.1 Å². The van der Waals surface area contributed by atoms with Crippen LogP contribution < -0.4 is 19.7 Å². The summed E-state index contributed by atoms with van der Waals surface area (Å²) in [5.74, 6) is 2.27. The second-order valence-corrected chi connectivity index (χ2v) is 8.51. The van der Waals surface area contributed by atoms with Crippen LogP contribution >= 0.6 is 0 Å². The Bertz CT molecular complexity index is 1070. The van der Waals surface area contributed by atoms with E-state index in [9.17, 15) is 0 Å². The summed E-state index contributed by atoms with van der Waals surface area (Å²) < 4.78 is 11.1. The van der Waals surface area contributed by atoms with Crippen LogP contribution in [0.3, 0.4) is 0 Å². The normalized spacial score (nSPS) is 13.5. The Morgan fingerprint density at radius 1 is 1.03 bits per heavy atom. The van der Waals surface area contributed by atoms with Gasteiger partial charge in [0, 0.05) is 35.4 Å². The Balaban J connectivity index is 1.79. The summed E-state index contributed by atoms with van der Waals surface area (Å²) >= 11 is 0. The summed E-state index contributed by atoms with van der Waals surface area (Å²) in [5, 5.41) is 4.43. The number of methoxy groups -OCH3 is 2. The minimum absolute atomic E-state index is 0.297. The van der Waals surface area contributed by atoms with Crippen molar-refractivity contribution in [3.05, 3.63) is 42.2 Å². The highest BCUT2D eigenvalue weighted by Crippen LogP contribution is 2.39. The molecule has 3 aromatic rings. The highest BCUT2D eigenvalue weighted by atomic mass is 16.5. The molecule has 170 valence electrons. The third-order valence-corrected chi connectivity index (χ3v) is 6.34. The van der Waals surface area contributed by atoms with Gasteiger partial charge in [-0.05, 0) is 49.6 Å². The van der Waals surface area contributed by atoms with E-state index in [4.69, 9.17) is 14.5 Å². The van der Waals surface area contributed by atoms with Crippen molar-refractivity contribution in [2.45, 2.75) is 58.4 Å². The lowest BCUT2D eigenvalue weighted by atomic mass is 10.0. The molecule has 1 atom stereocenters. The fourth-order valence-corrected chi connectivity index (χ4v) is 4.58. The molecule has 32 heavy (non-hydrogen) atoms. The zero-order valence-electron chi connectivity index (χ0n) is 19.6. The van der Waals surface area contributed by atoms with Crippen LogP contribution in [0, 0.1) is 0 Å². The Labute approximate surface area is 191 Å². The summed E-state index contributed by atoms with van der Waals surface area (Å²) in [6, 6.07) is 10.9. The predicted octanol–water partition coefficient (Wildman–Crippen LogP) is 6.11. The van der Waals surface area contributed by atoms with Crippen LogP contribution in [0.25, 0.3) is 10.9 Å². The van der Waals surface area contributed by atoms with E-state index < -0.39 is 0 Å². The Hall–Kier alpha value is -3.02. The van der Waals surface area contributed by atoms with E-state index in [-0.39, 0.29) is 0 Å². The van der Waals surface area contributed by atoms with Crippen molar-refractivity contribution in [1.29, 1.82) is 0 Å². The molecule has 1 N–H and O–H groups in total. The first-order valence-corrected chi connectivity index (χ1v) is 11.7. The first-order valence-electron chi connectivity index (χ1n) is 11.7. The number of nitrogens with one attached hydrogen (secondary N) is 1. The summed E-state index contributed by atoms with van der Waals surface area (Å²) in [4.78, 5) is 11.7. The van der Waals surface area contributed by atoms with Gasteiger partial charge >= 0.3 is 0 Å². The van der Waals surface area contributed by atoms with Gasteiger partial charge in [0.25, 0.3) is 0 Å². The lowest BCUT2D eigenvalue weighted by Crippen LogP contribution is -2.29. The van der Waals surface area contributed by atoms with Crippen LogP contribution in [0.5, 0.6) is 11.5 Å². The number of rotatable bonds is 10.